The molecule has 12 heavy (non-hydrogen) atoms. The second-order valence-corrected chi connectivity index (χ2v) is 5.41. The fourth-order valence-electron chi connectivity index (χ4n) is 0.851. The number of carbonyl (C=O) groups is 1. The topological polar surface area (TPSA) is 72.5 Å². The molecule has 0 amide bonds. The van der Waals surface area contributed by atoms with Crippen LogP contribution in [0.4, 0.5) is 0 Å². The summed E-state index contributed by atoms with van der Waals surface area (Å²) in [6, 6.07) is -0.701. The molecule has 1 aliphatic rings. The number of rotatable bonds is 3. The predicted molar refractivity (Wildman–Crippen MR) is 45.2 cm³/mol. The minimum absolute atomic E-state index is 0.205. The Morgan fingerprint density at radius 2 is 2.33 bits per heavy atom. The highest BCUT2D eigenvalue weighted by Crippen LogP contribution is 2.07. The molecule has 1 N–H and O–H groups in total. The number of hydrogen-bond donors (Lipinski definition) is 1. The predicted octanol–water partition coefficient (Wildman–Crippen LogP) is -0.426. The molecule has 70 valence electrons. The van der Waals surface area contributed by atoms with Crippen molar-refractivity contribution >= 4 is 31.9 Å². The van der Waals surface area contributed by atoms with E-state index < -0.39 is 22.0 Å². The fourth-order valence-corrected chi connectivity index (χ4v) is 1.96. The number of esters is 1. The normalized spacial score (nSPS) is 24.1. The molecule has 1 unspecified atom stereocenters. The summed E-state index contributed by atoms with van der Waals surface area (Å²) in [5.41, 5.74) is 0. The monoisotopic (exact) mass is 257 g/mol. The van der Waals surface area contributed by atoms with Gasteiger partial charge in [0.15, 0.2) is 0 Å². The third kappa shape index (κ3) is 2.43. The van der Waals surface area contributed by atoms with Crippen molar-refractivity contribution < 1.29 is 17.9 Å². The van der Waals surface area contributed by atoms with E-state index in [0.29, 0.717) is 6.42 Å². The Bertz CT molecular complexity index is 275. The minimum atomic E-state index is -3.37. The van der Waals surface area contributed by atoms with Crippen molar-refractivity contribution in [2.24, 2.45) is 0 Å². The SMILES string of the molecule is O=C1OCCC1NS(=O)(=O)CBr. The van der Waals surface area contributed by atoms with Gasteiger partial charge in [0.2, 0.25) is 10.0 Å². The smallest absolute Gasteiger partial charge is 0.324 e. The maximum Gasteiger partial charge on any atom is 0.324 e. The van der Waals surface area contributed by atoms with Crippen molar-refractivity contribution in [1.82, 2.24) is 4.72 Å². The first-order valence-corrected chi connectivity index (χ1v) is 6.05. The fraction of sp³-hybridized carbons (Fsp3) is 0.800. The number of carbonyl (C=O) groups excluding carboxylic acids is 1. The molecule has 1 saturated heterocycles. The number of nitrogens with one attached hydrogen (secondary N) is 1. The highest BCUT2D eigenvalue weighted by atomic mass is 79.9. The summed E-state index contributed by atoms with van der Waals surface area (Å²) in [6.07, 6.45) is 0.408. The van der Waals surface area contributed by atoms with Crippen LogP contribution in [0.5, 0.6) is 0 Å². The molecular formula is C5H8BrNO4S. The van der Waals surface area contributed by atoms with E-state index in [2.05, 4.69) is 25.4 Å². The van der Waals surface area contributed by atoms with E-state index in [1.165, 1.54) is 0 Å². The number of cyclic esters (lactones) is 1. The summed E-state index contributed by atoms with van der Waals surface area (Å²) < 4.78 is 28.4. The molecule has 0 spiro atoms. The van der Waals surface area contributed by atoms with E-state index in [4.69, 9.17) is 0 Å². The lowest BCUT2D eigenvalue weighted by atomic mass is 10.3. The van der Waals surface area contributed by atoms with E-state index in [1.807, 2.05) is 0 Å². The molecule has 0 aromatic carbocycles. The van der Waals surface area contributed by atoms with Gasteiger partial charge in [0.1, 0.15) is 10.7 Å². The van der Waals surface area contributed by atoms with Crippen LogP contribution in [0.25, 0.3) is 0 Å². The standard InChI is InChI=1S/C5H8BrNO4S/c6-3-12(9,10)7-4-1-2-11-5(4)8/h4,7H,1-3H2. The van der Waals surface area contributed by atoms with Crippen molar-refractivity contribution in [3.05, 3.63) is 0 Å². The van der Waals surface area contributed by atoms with E-state index in [0.717, 1.165) is 0 Å². The highest BCUT2D eigenvalue weighted by molar-refractivity contribution is 9.10. The molecule has 0 saturated carbocycles. The lowest BCUT2D eigenvalue weighted by Crippen LogP contribution is -2.38. The molecular weight excluding hydrogens is 250 g/mol. The van der Waals surface area contributed by atoms with E-state index in [1.54, 1.807) is 0 Å². The third-order valence-electron chi connectivity index (χ3n) is 1.40. The number of alkyl halides is 1. The average molecular weight is 258 g/mol. The molecule has 0 aliphatic carbocycles. The molecule has 1 fully saturated rings. The van der Waals surface area contributed by atoms with Gasteiger partial charge < -0.3 is 4.74 Å². The van der Waals surface area contributed by atoms with Crippen LogP contribution in [-0.2, 0) is 19.6 Å². The number of sulfonamides is 1. The summed E-state index contributed by atoms with van der Waals surface area (Å²) in [4.78, 5) is 10.8. The van der Waals surface area contributed by atoms with Gasteiger partial charge in [-0.2, -0.15) is 0 Å². The second kappa shape index (κ2) is 3.71. The zero-order valence-electron chi connectivity index (χ0n) is 6.12. The van der Waals surface area contributed by atoms with Crippen molar-refractivity contribution in [2.75, 3.05) is 11.3 Å². The molecule has 1 atom stereocenters. The zero-order chi connectivity index (χ0) is 9.19. The van der Waals surface area contributed by atoms with Gasteiger partial charge in [0.05, 0.1) is 6.61 Å². The third-order valence-corrected chi connectivity index (χ3v) is 4.14. The lowest BCUT2D eigenvalue weighted by molar-refractivity contribution is -0.139. The van der Waals surface area contributed by atoms with E-state index in [-0.39, 0.29) is 11.3 Å². The van der Waals surface area contributed by atoms with Crippen LogP contribution in [0, 0.1) is 0 Å². The average Bonchev–Trinajstić information content (AvgIpc) is 2.36. The van der Waals surface area contributed by atoms with Gasteiger partial charge in [-0.3, -0.25) is 4.79 Å². The second-order valence-electron chi connectivity index (χ2n) is 2.35. The van der Waals surface area contributed by atoms with Gasteiger partial charge in [0.25, 0.3) is 0 Å². The van der Waals surface area contributed by atoms with Crippen LogP contribution in [0.2, 0.25) is 0 Å². The summed E-state index contributed by atoms with van der Waals surface area (Å²) in [5.74, 6) is -0.500. The van der Waals surface area contributed by atoms with Crippen LogP contribution < -0.4 is 4.72 Å². The molecule has 0 aromatic heterocycles. The largest absolute Gasteiger partial charge is 0.464 e. The Morgan fingerprint density at radius 1 is 1.67 bits per heavy atom. The van der Waals surface area contributed by atoms with Crippen molar-refractivity contribution in [2.45, 2.75) is 12.5 Å². The first kappa shape index (κ1) is 9.94. The summed E-state index contributed by atoms with van der Waals surface area (Å²) in [6.45, 7) is 0.286. The first-order valence-electron chi connectivity index (χ1n) is 3.28. The van der Waals surface area contributed by atoms with Gasteiger partial charge in [-0.05, 0) is 0 Å². The summed E-state index contributed by atoms with van der Waals surface area (Å²) in [7, 11) is -3.37. The van der Waals surface area contributed by atoms with Gasteiger partial charge in [-0.15, -0.1) is 0 Å². The molecule has 0 aromatic rings. The van der Waals surface area contributed by atoms with E-state index >= 15 is 0 Å². The highest BCUT2D eigenvalue weighted by Gasteiger charge is 2.29. The molecule has 7 heteroatoms. The Balaban J connectivity index is 2.57. The van der Waals surface area contributed by atoms with Gasteiger partial charge in [-0.1, -0.05) is 15.9 Å². The van der Waals surface area contributed by atoms with Crippen LogP contribution >= 0.6 is 15.9 Å². The number of halogens is 1. The van der Waals surface area contributed by atoms with Crippen LogP contribution in [0.3, 0.4) is 0 Å². The Labute approximate surface area is 78.6 Å². The Morgan fingerprint density at radius 3 is 2.75 bits per heavy atom. The molecule has 1 aliphatic heterocycles. The summed E-state index contributed by atoms with van der Waals surface area (Å²) >= 11 is 2.80. The van der Waals surface area contributed by atoms with Crippen molar-refractivity contribution in [1.29, 1.82) is 0 Å². The van der Waals surface area contributed by atoms with Crippen molar-refractivity contribution in [3.8, 4) is 0 Å². The number of hydrogen-bond acceptors (Lipinski definition) is 4. The molecule has 0 radical (unpaired) electrons. The van der Waals surface area contributed by atoms with Crippen molar-refractivity contribution in [3.63, 3.8) is 0 Å². The lowest BCUT2D eigenvalue weighted by Gasteiger charge is -2.06. The Kier molecular flexibility index (Phi) is 3.08. The quantitative estimate of drug-likeness (QED) is 0.551. The van der Waals surface area contributed by atoms with Gasteiger partial charge in [-0.25, -0.2) is 13.1 Å². The van der Waals surface area contributed by atoms with E-state index in [9.17, 15) is 13.2 Å². The van der Waals surface area contributed by atoms with Crippen LogP contribution in [-0.4, -0.2) is 31.7 Å². The zero-order valence-corrected chi connectivity index (χ0v) is 8.52. The molecule has 0 bridgehead atoms. The van der Waals surface area contributed by atoms with Gasteiger partial charge in [0, 0.05) is 6.42 Å². The maximum absolute atomic E-state index is 10.9. The summed E-state index contributed by atoms with van der Waals surface area (Å²) in [5, 5.41) is 0. The molecule has 1 rings (SSSR count). The first-order chi connectivity index (χ1) is 5.55. The minimum Gasteiger partial charge on any atom is -0.464 e. The van der Waals surface area contributed by atoms with Gasteiger partial charge >= 0.3 is 5.97 Å². The Hall–Kier alpha value is -0.140. The molecule has 5 nitrogen and oxygen atoms in total. The maximum atomic E-state index is 10.9. The van der Waals surface area contributed by atoms with Crippen LogP contribution in [0.1, 0.15) is 6.42 Å². The molecule has 1 heterocycles. The number of ether oxygens (including phenoxy) is 1. The van der Waals surface area contributed by atoms with Crippen LogP contribution in [0.15, 0.2) is 0 Å².